The van der Waals surface area contributed by atoms with Crippen molar-refractivity contribution in [3.8, 4) is 6.07 Å². The summed E-state index contributed by atoms with van der Waals surface area (Å²) in [5, 5.41) is 8.45. The minimum atomic E-state index is 0.786. The Balaban J connectivity index is 1.84. The number of fused-ring (bicyclic) bond motifs is 2. The molecule has 0 aromatic carbocycles. The van der Waals surface area contributed by atoms with Crippen LogP contribution in [0, 0.1) is 29.1 Å². The molecule has 0 amide bonds. The number of hydrogen-bond donors (Lipinski definition) is 0. The van der Waals surface area contributed by atoms with Crippen molar-refractivity contribution < 1.29 is 0 Å². The fraction of sp³-hybridized carbons (Fsp3) is 0.900. The van der Waals surface area contributed by atoms with E-state index < -0.39 is 0 Å². The molecule has 0 aliphatic heterocycles. The molecule has 2 aliphatic carbocycles. The van der Waals surface area contributed by atoms with E-state index in [0.717, 1.165) is 24.2 Å². The van der Waals surface area contributed by atoms with Gasteiger partial charge >= 0.3 is 0 Å². The SMILES string of the molecule is N#CCCC1CC2CCC1C2. The number of rotatable bonds is 2. The summed E-state index contributed by atoms with van der Waals surface area (Å²) in [7, 11) is 0. The first-order valence-electron chi connectivity index (χ1n) is 4.77. The second kappa shape index (κ2) is 2.85. The van der Waals surface area contributed by atoms with Crippen molar-refractivity contribution >= 4 is 0 Å². The van der Waals surface area contributed by atoms with E-state index in [1.54, 1.807) is 0 Å². The van der Waals surface area contributed by atoms with Crippen molar-refractivity contribution in [2.24, 2.45) is 17.8 Å². The third-order valence-corrected chi connectivity index (χ3v) is 3.51. The Morgan fingerprint density at radius 3 is 2.73 bits per heavy atom. The molecule has 1 nitrogen and oxygen atoms in total. The van der Waals surface area contributed by atoms with Gasteiger partial charge < -0.3 is 0 Å². The van der Waals surface area contributed by atoms with Gasteiger partial charge in [-0.15, -0.1) is 0 Å². The van der Waals surface area contributed by atoms with E-state index in [-0.39, 0.29) is 0 Å². The Kier molecular flexibility index (Phi) is 1.85. The summed E-state index contributed by atoms with van der Waals surface area (Å²) in [6.45, 7) is 0. The van der Waals surface area contributed by atoms with Crippen LogP contribution < -0.4 is 0 Å². The summed E-state index contributed by atoms with van der Waals surface area (Å²) in [6.07, 6.45) is 7.82. The summed E-state index contributed by atoms with van der Waals surface area (Å²) in [4.78, 5) is 0. The predicted molar refractivity (Wildman–Crippen MR) is 43.8 cm³/mol. The lowest BCUT2D eigenvalue weighted by atomic mass is 9.86. The molecule has 0 radical (unpaired) electrons. The quantitative estimate of drug-likeness (QED) is 0.592. The average molecular weight is 149 g/mol. The molecule has 2 bridgehead atoms. The van der Waals surface area contributed by atoms with Crippen LogP contribution in [-0.4, -0.2) is 0 Å². The Morgan fingerprint density at radius 2 is 2.18 bits per heavy atom. The minimum absolute atomic E-state index is 0.786. The largest absolute Gasteiger partial charge is 0.198 e. The molecule has 3 unspecified atom stereocenters. The average Bonchev–Trinajstić information content (AvgIpc) is 2.60. The Labute approximate surface area is 68.4 Å². The van der Waals surface area contributed by atoms with E-state index in [0.29, 0.717) is 0 Å². The highest BCUT2D eigenvalue weighted by atomic mass is 14.4. The third kappa shape index (κ3) is 1.27. The minimum Gasteiger partial charge on any atom is -0.198 e. The Bertz CT molecular complexity index is 180. The van der Waals surface area contributed by atoms with E-state index >= 15 is 0 Å². The predicted octanol–water partition coefficient (Wildman–Crippen LogP) is 2.73. The smallest absolute Gasteiger partial charge is 0.0621 e. The van der Waals surface area contributed by atoms with Crippen LogP contribution in [0.5, 0.6) is 0 Å². The number of nitriles is 1. The number of hydrogen-bond acceptors (Lipinski definition) is 1. The Morgan fingerprint density at radius 1 is 1.27 bits per heavy atom. The zero-order chi connectivity index (χ0) is 7.68. The standard InChI is InChI=1S/C10H15N/c11-5-1-2-9-6-8-3-4-10(9)7-8/h8-10H,1-4,6-7H2. The molecule has 0 aromatic rings. The molecule has 2 saturated carbocycles. The maximum Gasteiger partial charge on any atom is 0.0621 e. The summed E-state index contributed by atoms with van der Waals surface area (Å²) < 4.78 is 0. The van der Waals surface area contributed by atoms with Crippen LogP contribution >= 0.6 is 0 Å². The second-order valence-corrected chi connectivity index (χ2v) is 4.13. The molecular formula is C10H15N. The van der Waals surface area contributed by atoms with Gasteiger partial charge in [-0.3, -0.25) is 0 Å². The number of nitrogens with zero attached hydrogens (tertiary/aromatic N) is 1. The topological polar surface area (TPSA) is 23.8 Å². The van der Waals surface area contributed by atoms with Crippen molar-refractivity contribution in [1.29, 1.82) is 5.26 Å². The van der Waals surface area contributed by atoms with E-state index in [4.69, 9.17) is 5.26 Å². The van der Waals surface area contributed by atoms with Gasteiger partial charge in [0.1, 0.15) is 0 Å². The van der Waals surface area contributed by atoms with Crippen molar-refractivity contribution in [3.05, 3.63) is 0 Å². The maximum atomic E-state index is 8.45. The van der Waals surface area contributed by atoms with Crippen LogP contribution in [0.3, 0.4) is 0 Å². The van der Waals surface area contributed by atoms with Crippen molar-refractivity contribution in [2.45, 2.75) is 38.5 Å². The van der Waals surface area contributed by atoms with Crippen molar-refractivity contribution in [2.75, 3.05) is 0 Å². The highest BCUT2D eigenvalue weighted by molar-refractivity contribution is 4.90. The fourth-order valence-corrected chi connectivity index (χ4v) is 2.98. The van der Waals surface area contributed by atoms with Crippen LogP contribution in [-0.2, 0) is 0 Å². The van der Waals surface area contributed by atoms with Crippen LogP contribution in [0.4, 0.5) is 0 Å². The molecule has 11 heavy (non-hydrogen) atoms. The summed E-state index contributed by atoms with van der Waals surface area (Å²) in [6, 6.07) is 2.25. The molecule has 1 heteroatoms. The highest BCUT2D eigenvalue weighted by Crippen LogP contribution is 2.49. The lowest BCUT2D eigenvalue weighted by molar-refractivity contribution is 0.317. The molecule has 0 N–H and O–H groups in total. The molecule has 60 valence electrons. The zero-order valence-corrected chi connectivity index (χ0v) is 6.92. The first-order valence-corrected chi connectivity index (χ1v) is 4.77. The van der Waals surface area contributed by atoms with Gasteiger partial charge in [0.05, 0.1) is 6.07 Å². The van der Waals surface area contributed by atoms with Gasteiger partial charge in [-0.25, -0.2) is 0 Å². The van der Waals surface area contributed by atoms with E-state index in [1.807, 2.05) is 0 Å². The van der Waals surface area contributed by atoms with Crippen LogP contribution in [0.15, 0.2) is 0 Å². The molecule has 0 saturated heterocycles. The van der Waals surface area contributed by atoms with Gasteiger partial charge in [-0.2, -0.15) is 5.26 Å². The first kappa shape index (κ1) is 7.16. The van der Waals surface area contributed by atoms with E-state index in [1.165, 1.54) is 32.1 Å². The molecule has 0 spiro atoms. The summed E-state index contributed by atoms with van der Waals surface area (Å²) in [5.74, 6) is 2.98. The van der Waals surface area contributed by atoms with Crippen LogP contribution in [0.1, 0.15) is 38.5 Å². The summed E-state index contributed by atoms with van der Waals surface area (Å²) >= 11 is 0. The molecule has 0 heterocycles. The van der Waals surface area contributed by atoms with Crippen LogP contribution in [0.25, 0.3) is 0 Å². The zero-order valence-electron chi connectivity index (χ0n) is 6.92. The molecule has 2 aliphatic rings. The molecule has 2 fully saturated rings. The second-order valence-electron chi connectivity index (χ2n) is 4.13. The van der Waals surface area contributed by atoms with Gasteiger partial charge in [-0.05, 0) is 43.4 Å². The van der Waals surface area contributed by atoms with Gasteiger partial charge in [0.25, 0.3) is 0 Å². The third-order valence-electron chi connectivity index (χ3n) is 3.51. The lowest BCUT2D eigenvalue weighted by Gasteiger charge is -2.19. The molecule has 3 atom stereocenters. The van der Waals surface area contributed by atoms with Gasteiger partial charge in [0.2, 0.25) is 0 Å². The molecule has 2 rings (SSSR count). The monoisotopic (exact) mass is 149 g/mol. The van der Waals surface area contributed by atoms with E-state index in [9.17, 15) is 0 Å². The van der Waals surface area contributed by atoms with Gasteiger partial charge in [0, 0.05) is 6.42 Å². The van der Waals surface area contributed by atoms with Crippen molar-refractivity contribution in [1.82, 2.24) is 0 Å². The molecule has 0 aromatic heterocycles. The maximum absolute atomic E-state index is 8.45. The Hall–Kier alpha value is -0.510. The first-order chi connectivity index (χ1) is 5.40. The molecular weight excluding hydrogens is 134 g/mol. The summed E-state index contributed by atoms with van der Waals surface area (Å²) in [5.41, 5.74) is 0. The van der Waals surface area contributed by atoms with Gasteiger partial charge in [-0.1, -0.05) is 6.42 Å². The van der Waals surface area contributed by atoms with Crippen molar-refractivity contribution in [3.63, 3.8) is 0 Å². The normalized spacial score (nSPS) is 40.8. The lowest BCUT2D eigenvalue weighted by Crippen LogP contribution is -2.09. The highest BCUT2D eigenvalue weighted by Gasteiger charge is 2.38. The van der Waals surface area contributed by atoms with Crippen LogP contribution in [0.2, 0.25) is 0 Å². The fourth-order valence-electron chi connectivity index (χ4n) is 2.98. The van der Waals surface area contributed by atoms with E-state index in [2.05, 4.69) is 6.07 Å². The van der Waals surface area contributed by atoms with Gasteiger partial charge in [0.15, 0.2) is 0 Å².